The summed E-state index contributed by atoms with van der Waals surface area (Å²) < 4.78 is 1.39. The van der Waals surface area contributed by atoms with Crippen LogP contribution in [0.3, 0.4) is 0 Å². The molecule has 106 valence electrons. The first-order chi connectivity index (χ1) is 10.1. The van der Waals surface area contributed by atoms with Crippen LogP contribution in [0.15, 0.2) is 30.9 Å². The molecular formula is C12H9Cl2N7. The molecule has 9 heteroatoms. The molecule has 1 N–H and O–H groups in total. The van der Waals surface area contributed by atoms with Crippen LogP contribution < -0.4 is 5.32 Å². The third-order valence-corrected chi connectivity index (χ3v) is 3.31. The van der Waals surface area contributed by atoms with E-state index in [1.807, 2.05) is 25.1 Å². The van der Waals surface area contributed by atoms with Crippen molar-refractivity contribution in [1.82, 2.24) is 29.7 Å². The molecule has 7 nitrogen and oxygen atoms in total. The SMILES string of the molecule is Cc1c(Cl)cccc1Nc1nc(Cl)nc(-n2cncn2)n1. The molecule has 0 aliphatic heterocycles. The summed E-state index contributed by atoms with van der Waals surface area (Å²) >= 11 is 12.0. The average Bonchev–Trinajstić information content (AvgIpc) is 2.97. The fraction of sp³-hybridized carbons (Fsp3) is 0.0833. The summed E-state index contributed by atoms with van der Waals surface area (Å²) in [6, 6.07) is 5.51. The predicted octanol–water partition coefficient (Wildman–Crippen LogP) is 2.81. The molecule has 0 amide bonds. The van der Waals surface area contributed by atoms with Gasteiger partial charge in [-0.15, -0.1) is 0 Å². The van der Waals surface area contributed by atoms with Crippen molar-refractivity contribution in [3.8, 4) is 5.95 Å². The summed E-state index contributed by atoms with van der Waals surface area (Å²) in [7, 11) is 0. The summed E-state index contributed by atoms with van der Waals surface area (Å²) in [4.78, 5) is 16.1. The van der Waals surface area contributed by atoms with Crippen LogP contribution in [0.4, 0.5) is 11.6 Å². The Morgan fingerprint density at radius 3 is 2.76 bits per heavy atom. The molecule has 3 aromatic rings. The summed E-state index contributed by atoms with van der Waals surface area (Å²) in [5.41, 5.74) is 1.67. The number of benzene rings is 1. The molecule has 0 aliphatic carbocycles. The fourth-order valence-corrected chi connectivity index (χ4v) is 2.00. The molecule has 0 aliphatic rings. The smallest absolute Gasteiger partial charge is 0.258 e. The summed E-state index contributed by atoms with van der Waals surface area (Å²) in [5.74, 6) is 0.570. The van der Waals surface area contributed by atoms with Gasteiger partial charge in [0.15, 0.2) is 0 Å². The van der Waals surface area contributed by atoms with E-state index in [1.165, 1.54) is 17.3 Å². The van der Waals surface area contributed by atoms with E-state index < -0.39 is 0 Å². The minimum Gasteiger partial charge on any atom is -0.324 e. The highest BCUT2D eigenvalue weighted by molar-refractivity contribution is 6.31. The van der Waals surface area contributed by atoms with Gasteiger partial charge >= 0.3 is 0 Å². The summed E-state index contributed by atoms with van der Waals surface area (Å²) in [5, 5.41) is 7.72. The zero-order valence-corrected chi connectivity index (χ0v) is 12.3. The number of hydrogen-bond donors (Lipinski definition) is 1. The second-order valence-corrected chi connectivity index (χ2v) is 4.85. The van der Waals surface area contributed by atoms with Crippen molar-refractivity contribution >= 4 is 34.8 Å². The van der Waals surface area contributed by atoms with E-state index in [2.05, 4.69) is 30.4 Å². The molecule has 2 aromatic heterocycles. The largest absolute Gasteiger partial charge is 0.324 e. The number of rotatable bonds is 3. The molecule has 0 unspecified atom stereocenters. The lowest BCUT2D eigenvalue weighted by Gasteiger charge is -2.10. The van der Waals surface area contributed by atoms with Gasteiger partial charge in [-0.1, -0.05) is 17.7 Å². The molecule has 0 atom stereocenters. The van der Waals surface area contributed by atoms with Gasteiger partial charge in [0.1, 0.15) is 12.7 Å². The molecule has 2 heterocycles. The van der Waals surface area contributed by atoms with Crippen LogP contribution in [0.2, 0.25) is 10.3 Å². The Labute approximate surface area is 130 Å². The van der Waals surface area contributed by atoms with E-state index in [1.54, 1.807) is 0 Å². The van der Waals surface area contributed by atoms with Crippen LogP contribution in [0.25, 0.3) is 5.95 Å². The molecule has 0 saturated carbocycles. The third kappa shape index (κ3) is 2.93. The summed E-state index contributed by atoms with van der Waals surface area (Å²) in [6.45, 7) is 1.89. The minimum atomic E-state index is 0.0534. The third-order valence-electron chi connectivity index (χ3n) is 2.73. The maximum absolute atomic E-state index is 6.08. The van der Waals surface area contributed by atoms with Crippen LogP contribution in [0.5, 0.6) is 0 Å². The first-order valence-corrected chi connectivity index (χ1v) is 6.68. The van der Waals surface area contributed by atoms with Gasteiger partial charge in [0, 0.05) is 10.7 Å². The van der Waals surface area contributed by atoms with Gasteiger partial charge in [-0.2, -0.15) is 24.7 Å². The second kappa shape index (κ2) is 5.63. The van der Waals surface area contributed by atoms with Crippen molar-refractivity contribution in [3.63, 3.8) is 0 Å². The molecule has 0 spiro atoms. The Bertz CT molecular complexity index is 773. The molecule has 0 saturated heterocycles. The first kappa shape index (κ1) is 13.7. The zero-order valence-electron chi connectivity index (χ0n) is 10.8. The van der Waals surface area contributed by atoms with Crippen LogP contribution in [0.1, 0.15) is 5.56 Å². The first-order valence-electron chi connectivity index (χ1n) is 5.92. The van der Waals surface area contributed by atoms with Gasteiger partial charge in [-0.25, -0.2) is 4.98 Å². The predicted molar refractivity (Wildman–Crippen MR) is 79.2 cm³/mol. The van der Waals surface area contributed by atoms with Crippen molar-refractivity contribution in [2.24, 2.45) is 0 Å². The van der Waals surface area contributed by atoms with Crippen LogP contribution in [-0.2, 0) is 0 Å². The van der Waals surface area contributed by atoms with Gasteiger partial charge in [0.25, 0.3) is 5.95 Å². The Morgan fingerprint density at radius 1 is 1.14 bits per heavy atom. The van der Waals surface area contributed by atoms with E-state index >= 15 is 0 Å². The van der Waals surface area contributed by atoms with Crippen molar-refractivity contribution in [3.05, 3.63) is 46.7 Å². The molecular weight excluding hydrogens is 313 g/mol. The van der Waals surface area contributed by atoms with E-state index in [4.69, 9.17) is 23.2 Å². The van der Waals surface area contributed by atoms with E-state index in [9.17, 15) is 0 Å². The molecule has 0 fully saturated rings. The lowest BCUT2D eigenvalue weighted by molar-refractivity contribution is 0.796. The van der Waals surface area contributed by atoms with Crippen LogP contribution in [-0.4, -0.2) is 29.7 Å². The molecule has 0 bridgehead atoms. The van der Waals surface area contributed by atoms with Gasteiger partial charge in [-0.3, -0.25) is 0 Å². The lowest BCUT2D eigenvalue weighted by atomic mass is 10.2. The van der Waals surface area contributed by atoms with Crippen molar-refractivity contribution in [1.29, 1.82) is 0 Å². The van der Waals surface area contributed by atoms with Gasteiger partial charge < -0.3 is 5.32 Å². The lowest BCUT2D eigenvalue weighted by Crippen LogP contribution is -2.07. The normalized spacial score (nSPS) is 10.6. The Kier molecular flexibility index (Phi) is 3.68. The topological polar surface area (TPSA) is 81.4 Å². The highest BCUT2D eigenvalue weighted by Crippen LogP contribution is 2.25. The number of halogens is 2. The molecule has 3 rings (SSSR count). The monoisotopic (exact) mass is 321 g/mol. The highest BCUT2D eigenvalue weighted by atomic mass is 35.5. The minimum absolute atomic E-state index is 0.0534. The average molecular weight is 322 g/mol. The van der Waals surface area contributed by atoms with Crippen LogP contribution in [0, 0.1) is 6.92 Å². The van der Waals surface area contributed by atoms with E-state index in [0.29, 0.717) is 11.0 Å². The van der Waals surface area contributed by atoms with Crippen molar-refractivity contribution in [2.75, 3.05) is 5.32 Å². The number of hydrogen-bond acceptors (Lipinski definition) is 6. The van der Waals surface area contributed by atoms with E-state index in [-0.39, 0.29) is 11.2 Å². The Balaban J connectivity index is 1.98. The summed E-state index contributed by atoms with van der Waals surface area (Å²) in [6.07, 6.45) is 2.85. The number of aromatic nitrogens is 6. The van der Waals surface area contributed by atoms with Gasteiger partial charge in [0.2, 0.25) is 11.2 Å². The van der Waals surface area contributed by atoms with E-state index in [0.717, 1.165) is 11.3 Å². The Morgan fingerprint density at radius 2 is 2.00 bits per heavy atom. The second-order valence-electron chi connectivity index (χ2n) is 4.11. The quantitative estimate of drug-likeness (QED) is 0.798. The fourth-order valence-electron chi connectivity index (χ4n) is 1.67. The van der Waals surface area contributed by atoms with Crippen molar-refractivity contribution in [2.45, 2.75) is 6.92 Å². The standard InChI is InChI=1S/C12H9Cl2N7/c1-7-8(13)3-2-4-9(7)17-11-18-10(14)19-12(20-11)21-6-15-5-16-21/h2-6H,1H3,(H,17,18,19,20). The van der Waals surface area contributed by atoms with Crippen LogP contribution >= 0.6 is 23.2 Å². The number of nitrogens with zero attached hydrogens (tertiary/aromatic N) is 6. The number of nitrogens with one attached hydrogen (secondary N) is 1. The Hall–Kier alpha value is -2.25. The molecule has 21 heavy (non-hydrogen) atoms. The molecule has 0 radical (unpaired) electrons. The number of anilines is 2. The maximum atomic E-state index is 6.08. The molecule has 1 aromatic carbocycles. The van der Waals surface area contributed by atoms with Crippen molar-refractivity contribution < 1.29 is 0 Å². The van der Waals surface area contributed by atoms with Gasteiger partial charge in [-0.05, 0) is 36.2 Å². The van der Waals surface area contributed by atoms with Gasteiger partial charge in [0.05, 0.1) is 0 Å². The highest BCUT2D eigenvalue weighted by Gasteiger charge is 2.09. The zero-order chi connectivity index (χ0) is 14.8. The maximum Gasteiger partial charge on any atom is 0.258 e.